The van der Waals surface area contributed by atoms with Gasteiger partial charge in [-0.1, -0.05) is 18.2 Å². The maximum atomic E-state index is 10.7. The van der Waals surface area contributed by atoms with Gasteiger partial charge in [-0.25, -0.2) is 9.97 Å². The molecule has 1 aromatic carbocycles. The van der Waals surface area contributed by atoms with Crippen LogP contribution in [0.15, 0.2) is 36.9 Å². The van der Waals surface area contributed by atoms with E-state index in [2.05, 4.69) is 19.6 Å². The van der Waals surface area contributed by atoms with E-state index < -0.39 is 5.97 Å². The Morgan fingerprint density at radius 2 is 2.00 bits per heavy atom. The number of unbranched alkanes of at least 4 members (excludes halogenated alkanes) is 2. The second kappa shape index (κ2) is 9.11. The smallest absolute Gasteiger partial charge is 0.303 e. The van der Waals surface area contributed by atoms with Gasteiger partial charge < -0.3 is 5.11 Å². The number of aryl methyl sites for hydroxylation is 2. The first-order chi connectivity index (χ1) is 12.0. The maximum Gasteiger partial charge on any atom is 0.303 e. The molecule has 1 heterocycles. The Kier molecular flexibility index (Phi) is 6.87. The highest BCUT2D eigenvalue weighted by Crippen LogP contribution is 2.22. The Hall–Kier alpha value is -2.49. The summed E-state index contributed by atoms with van der Waals surface area (Å²) in [5.74, 6) is -0.749. The Morgan fingerprint density at radius 3 is 2.72 bits per heavy atom. The summed E-state index contributed by atoms with van der Waals surface area (Å²) in [6.45, 7) is 7.86. The molecule has 0 atom stereocenters. The molecule has 0 aliphatic carbocycles. The summed E-state index contributed by atoms with van der Waals surface area (Å²) in [4.78, 5) is 20.4. The first-order valence-corrected chi connectivity index (χ1v) is 8.78. The van der Waals surface area contributed by atoms with Crippen molar-refractivity contribution >= 4 is 22.6 Å². The monoisotopic (exact) mass is 338 g/mol. The van der Waals surface area contributed by atoms with Crippen molar-refractivity contribution in [3.63, 3.8) is 0 Å². The molecule has 2 rings (SSSR count). The van der Waals surface area contributed by atoms with Crippen molar-refractivity contribution in [3.8, 4) is 0 Å². The molecule has 0 unspecified atom stereocenters. The van der Waals surface area contributed by atoms with Gasteiger partial charge in [-0.15, -0.1) is 6.58 Å². The summed E-state index contributed by atoms with van der Waals surface area (Å²) in [5.41, 5.74) is 5.95. The lowest BCUT2D eigenvalue weighted by molar-refractivity contribution is -0.137. The van der Waals surface area contributed by atoms with Crippen LogP contribution in [-0.2, 0) is 11.2 Å². The molecule has 0 radical (unpaired) electrons. The van der Waals surface area contributed by atoms with E-state index in [4.69, 9.17) is 15.1 Å². The molecule has 0 spiro atoms. The van der Waals surface area contributed by atoms with Crippen LogP contribution in [0.4, 0.5) is 0 Å². The van der Waals surface area contributed by atoms with Gasteiger partial charge in [-0.2, -0.15) is 0 Å². The van der Waals surface area contributed by atoms with E-state index in [1.807, 2.05) is 31.2 Å². The highest BCUT2D eigenvalue weighted by atomic mass is 16.4. The highest BCUT2D eigenvalue weighted by molar-refractivity contribution is 5.78. The van der Waals surface area contributed by atoms with Crippen LogP contribution < -0.4 is 0 Å². The third-order valence-electron chi connectivity index (χ3n) is 4.14. The number of fused-ring (bicyclic) bond motifs is 1. The molecule has 132 valence electrons. The number of rotatable bonds is 9. The zero-order valence-electron chi connectivity index (χ0n) is 15.1. The summed E-state index contributed by atoms with van der Waals surface area (Å²) in [6.07, 6.45) is 8.34. The lowest BCUT2D eigenvalue weighted by atomic mass is 10.0. The summed E-state index contributed by atoms with van der Waals surface area (Å²) < 4.78 is 0. The Balaban J connectivity index is 2.32. The fourth-order valence-corrected chi connectivity index (χ4v) is 2.77. The standard InChI is InChI=1S/C21H26N2O2/c1-4-5-6-9-16(3)21-18(10-7-8-11-20(24)25)22-19-14-15(2)12-13-17(19)23-21/h4,9,12-14H,1,5-8,10-11H2,2-3H3,(H,24,25)/b16-9+. The van der Waals surface area contributed by atoms with Crippen LogP contribution >= 0.6 is 0 Å². The van der Waals surface area contributed by atoms with Crippen LogP contribution in [0.25, 0.3) is 16.6 Å². The number of hydrogen-bond acceptors (Lipinski definition) is 3. The molecule has 0 aliphatic heterocycles. The van der Waals surface area contributed by atoms with E-state index in [0.29, 0.717) is 6.42 Å². The number of aliphatic carboxylic acids is 1. The molecular formula is C21H26N2O2. The first kappa shape index (κ1) is 18.8. The van der Waals surface area contributed by atoms with Crippen LogP contribution in [0.3, 0.4) is 0 Å². The quantitative estimate of drug-likeness (QED) is 0.510. The van der Waals surface area contributed by atoms with Crippen molar-refractivity contribution in [2.75, 3.05) is 0 Å². The van der Waals surface area contributed by atoms with Crippen LogP contribution in [0.1, 0.15) is 56.0 Å². The Morgan fingerprint density at radius 1 is 1.20 bits per heavy atom. The Labute approximate surface area is 149 Å². The van der Waals surface area contributed by atoms with Crippen molar-refractivity contribution in [1.29, 1.82) is 0 Å². The average Bonchev–Trinajstić information content (AvgIpc) is 2.57. The molecule has 25 heavy (non-hydrogen) atoms. The maximum absolute atomic E-state index is 10.7. The number of aromatic nitrogens is 2. The van der Waals surface area contributed by atoms with Crippen LogP contribution in [-0.4, -0.2) is 21.0 Å². The molecule has 1 aromatic heterocycles. The molecule has 0 bridgehead atoms. The van der Waals surface area contributed by atoms with Gasteiger partial charge in [0.2, 0.25) is 0 Å². The van der Waals surface area contributed by atoms with Crippen molar-refractivity contribution in [3.05, 3.63) is 53.9 Å². The molecule has 0 saturated heterocycles. The van der Waals surface area contributed by atoms with Gasteiger partial charge >= 0.3 is 5.97 Å². The molecule has 4 heteroatoms. The van der Waals surface area contributed by atoms with Gasteiger partial charge in [0.15, 0.2) is 0 Å². The lowest BCUT2D eigenvalue weighted by Crippen LogP contribution is -2.03. The number of carboxylic acids is 1. The summed E-state index contributed by atoms with van der Waals surface area (Å²) in [7, 11) is 0. The van der Waals surface area contributed by atoms with E-state index in [1.165, 1.54) is 0 Å². The van der Waals surface area contributed by atoms with Gasteiger partial charge in [0.05, 0.1) is 22.4 Å². The van der Waals surface area contributed by atoms with Gasteiger partial charge in [0, 0.05) is 6.42 Å². The van der Waals surface area contributed by atoms with E-state index in [0.717, 1.165) is 59.2 Å². The zero-order chi connectivity index (χ0) is 18.2. The Bertz CT molecular complexity index is 794. The van der Waals surface area contributed by atoms with Gasteiger partial charge in [0.1, 0.15) is 0 Å². The second-order valence-corrected chi connectivity index (χ2v) is 6.37. The predicted molar refractivity (Wildman–Crippen MR) is 103 cm³/mol. The number of allylic oxidation sites excluding steroid dienone is 3. The van der Waals surface area contributed by atoms with Crippen LogP contribution in [0.5, 0.6) is 0 Å². The normalized spacial score (nSPS) is 11.7. The van der Waals surface area contributed by atoms with Crippen LogP contribution in [0.2, 0.25) is 0 Å². The molecule has 0 amide bonds. The van der Waals surface area contributed by atoms with Gasteiger partial charge in [-0.05, 0) is 69.2 Å². The van der Waals surface area contributed by atoms with Crippen molar-refractivity contribution in [1.82, 2.24) is 9.97 Å². The average molecular weight is 338 g/mol. The fraction of sp³-hybridized carbons (Fsp3) is 0.381. The van der Waals surface area contributed by atoms with Crippen LogP contribution in [0, 0.1) is 6.92 Å². The highest BCUT2D eigenvalue weighted by Gasteiger charge is 2.11. The van der Waals surface area contributed by atoms with Crippen molar-refractivity contribution in [2.24, 2.45) is 0 Å². The summed E-state index contributed by atoms with van der Waals surface area (Å²) in [5, 5.41) is 8.80. The van der Waals surface area contributed by atoms with E-state index in [9.17, 15) is 4.79 Å². The SMILES string of the molecule is C=CCC/C=C(\C)c1nc2ccc(C)cc2nc1CCCCC(=O)O. The molecule has 0 aliphatic rings. The van der Waals surface area contributed by atoms with Crippen molar-refractivity contribution in [2.45, 2.75) is 52.4 Å². The molecule has 4 nitrogen and oxygen atoms in total. The number of hydrogen-bond donors (Lipinski definition) is 1. The molecule has 1 N–H and O–H groups in total. The largest absolute Gasteiger partial charge is 0.481 e. The number of nitrogens with zero attached hydrogens (tertiary/aromatic N) is 2. The summed E-state index contributed by atoms with van der Waals surface area (Å²) >= 11 is 0. The fourth-order valence-electron chi connectivity index (χ4n) is 2.77. The summed E-state index contributed by atoms with van der Waals surface area (Å²) in [6, 6.07) is 6.10. The van der Waals surface area contributed by atoms with E-state index in [1.54, 1.807) is 0 Å². The molecular weight excluding hydrogens is 312 g/mol. The number of carbonyl (C=O) groups is 1. The molecule has 2 aromatic rings. The minimum absolute atomic E-state index is 0.198. The molecule has 0 saturated carbocycles. The zero-order valence-corrected chi connectivity index (χ0v) is 15.1. The first-order valence-electron chi connectivity index (χ1n) is 8.78. The van der Waals surface area contributed by atoms with Gasteiger partial charge in [0.25, 0.3) is 0 Å². The van der Waals surface area contributed by atoms with Gasteiger partial charge in [-0.3, -0.25) is 4.79 Å². The predicted octanol–water partition coefficient (Wildman–Crippen LogP) is 5.11. The topological polar surface area (TPSA) is 63.1 Å². The lowest BCUT2D eigenvalue weighted by Gasteiger charge is -2.11. The number of carboxylic acid groups (broad SMARTS) is 1. The van der Waals surface area contributed by atoms with E-state index >= 15 is 0 Å². The third kappa shape index (κ3) is 5.52. The molecule has 0 fully saturated rings. The minimum Gasteiger partial charge on any atom is -0.481 e. The minimum atomic E-state index is -0.749. The third-order valence-corrected chi connectivity index (χ3v) is 4.14. The number of benzene rings is 1. The second-order valence-electron chi connectivity index (χ2n) is 6.37. The van der Waals surface area contributed by atoms with E-state index in [-0.39, 0.29) is 6.42 Å². The van der Waals surface area contributed by atoms with Crippen molar-refractivity contribution < 1.29 is 9.90 Å².